The van der Waals surface area contributed by atoms with Gasteiger partial charge in [0.15, 0.2) is 5.82 Å². The minimum Gasteiger partial charge on any atom is -0.394 e. The van der Waals surface area contributed by atoms with Gasteiger partial charge in [0.2, 0.25) is 5.95 Å². The van der Waals surface area contributed by atoms with E-state index >= 15 is 0 Å². The van der Waals surface area contributed by atoms with Gasteiger partial charge in [-0.1, -0.05) is 0 Å². The molecule has 9 heteroatoms. The quantitative estimate of drug-likeness (QED) is 0.550. The van der Waals surface area contributed by atoms with Crippen molar-refractivity contribution in [2.75, 3.05) is 23.4 Å². The van der Waals surface area contributed by atoms with E-state index in [1.165, 1.54) is 0 Å². The molecule has 2 N–H and O–H groups in total. The number of aromatic nitrogens is 6. The molecule has 142 valence electrons. The number of aliphatic hydroxyl groups excluding tert-OH is 1. The number of hydrogen-bond donors (Lipinski definition) is 2. The van der Waals surface area contributed by atoms with Gasteiger partial charge in [-0.3, -0.25) is 4.98 Å². The Kier molecular flexibility index (Phi) is 4.13. The second kappa shape index (κ2) is 6.93. The van der Waals surface area contributed by atoms with Gasteiger partial charge in [-0.15, -0.1) is 5.10 Å². The standard InChI is InChI=1S/C19H20N8O/c28-12-15-3-1-9-26(15)19-23-18(16-4-2-10-27(16)24-19)22-17-11-25(13-21-17)14-5-7-20-8-6-14/h2,4-8,10-11,13,15,28H,1,3,9,12H2,(H,22,23,24). The Hall–Kier alpha value is -3.46. The van der Waals surface area contributed by atoms with Gasteiger partial charge in [0.05, 0.1) is 18.8 Å². The lowest BCUT2D eigenvalue weighted by Crippen LogP contribution is -2.34. The van der Waals surface area contributed by atoms with Crippen LogP contribution >= 0.6 is 0 Å². The van der Waals surface area contributed by atoms with Gasteiger partial charge in [0, 0.05) is 30.8 Å². The molecule has 0 aliphatic carbocycles. The third kappa shape index (κ3) is 2.95. The Bertz CT molecular complexity index is 1090. The maximum atomic E-state index is 9.65. The van der Waals surface area contributed by atoms with Crippen LogP contribution in [0.1, 0.15) is 12.8 Å². The predicted molar refractivity (Wildman–Crippen MR) is 105 cm³/mol. The van der Waals surface area contributed by atoms with Crippen LogP contribution in [0.5, 0.6) is 0 Å². The first-order valence-corrected chi connectivity index (χ1v) is 9.26. The SMILES string of the molecule is OCC1CCCN1c1nc(Nc2cn(-c3ccncc3)cn2)c2cccn2n1. The molecule has 0 aromatic carbocycles. The molecule has 1 aliphatic rings. The fourth-order valence-electron chi connectivity index (χ4n) is 3.59. The van der Waals surface area contributed by atoms with Crippen molar-refractivity contribution in [3.05, 3.63) is 55.4 Å². The van der Waals surface area contributed by atoms with E-state index in [0.29, 0.717) is 17.6 Å². The smallest absolute Gasteiger partial charge is 0.245 e. The van der Waals surface area contributed by atoms with E-state index in [2.05, 4.69) is 25.3 Å². The molecule has 4 aromatic rings. The zero-order chi connectivity index (χ0) is 18.9. The van der Waals surface area contributed by atoms with Crippen molar-refractivity contribution in [1.82, 2.24) is 29.1 Å². The highest BCUT2D eigenvalue weighted by atomic mass is 16.3. The summed E-state index contributed by atoms with van der Waals surface area (Å²) < 4.78 is 3.72. The highest BCUT2D eigenvalue weighted by Crippen LogP contribution is 2.26. The molecule has 4 aromatic heterocycles. The zero-order valence-corrected chi connectivity index (χ0v) is 15.2. The number of nitrogens with zero attached hydrogens (tertiary/aromatic N) is 7. The first-order chi connectivity index (χ1) is 13.8. The average molecular weight is 376 g/mol. The van der Waals surface area contributed by atoms with E-state index in [9.17, 15) is 5.11 Å². The van der Waals surface area contributed by atoms with Crippen molar-refractivity contribution in [2.24, 2.45) is 0 Å². The van der Waals surface area contributed by atoms with Gasteiger partial charge >= 0.3 is 0 Å². The molecule has 5 heterocycles. The minimum atomic E-state index is 0.0618. The molecule has 0 saturated carbocycles. The second-order valence-electron chi connectivity index (χ2n) is 6.77. The van der Waals surface area contributed by atoms with E-state index in [4.69, 9.17) is 4.98 Å². The van der Waals surface area contributed by atoms with E-state index in [-0.39, 0.29) is 12.6 Å². The maximum Gasteiger partial charge on any atom is 0.245 e. The highest BCUT2D eigenvalue weighted by Gasteiger charge is 2.27. The number of pyridine rings is 1. The Balaban J connectivity index is 1.49. The summed E-state index contributed by atoms with van der Waals surface area (Å²) in [5.41, 5.74) is 1.84. The lowest BCUT2D eigenvalue weighted by atomic mass is 10.2. The molecule has 5 rings (SSSR count). The number of anilines is 3. The van der Waals surface area contributed by atoms with Gasteiger partial charge in [0.1, 0.15) is 17.7 Å². The zero-order valence-electron chi connectivity index (χ0n) is 15.2. The monoisotopic (exact) mass is 376 g/mol. The summed E-state index contributed by atoms with van der Waals surface area (Å²) in [6, 6.07) is 7.79. The summed E-state index contributed by atoms with van der Waals surface area (Å²) in [6.07, 6.45) is 11.0. The summed E-state index contributed by atoms with van der Waals surface area (Å²) in [6.45, 7) is 0.945. The lowest BCUT2D eigenvalue weighted by molar-refractivity contribution is 0.265. The van der Waals surface area contributed by atoms with Crippen LogP contribution in [-0.4, -0.2) is 53.4 Å². The summed E-state index contributed by atoms with van der Waals surface area (Å²) in [7, 11) is 0. The minimum absolute atomic E-state index is 0.0618. The number of imidazole rings is 1. The molecule has 0 amide bonds. The van der Waals surface area contributed by atoms with E-state index in [1.54, 1.807) is 23.2 Å². The Morgan fingerprint density at radius 3 is 2.96 bits per heavy atom. The van der Waals surface area contributed by atoms with Crippen LogP contribution in [0.15, 0.2) is 55.4 Å². The first kappa shape index (κ1) is 16.7. The fraction of sp³-hybridized carbons (Fsp3) is 0.263. The molecule has 1 fully saturated rings. The molecule has 9 nitrogen and oxygen atoms in total. The molecular formula is C19H20N8O. The predicted octanol–water partition coefficient (Wildman–Crippen LogP) is 2.01. The molecule has 0 spiro atoms. The van der Waals surface area contributed by atoms with Crippen LogP contribution in [-0.2, 0) is 0 Å². The summed E-state index contributed by atoms with van der Waals surface area (Å²) >= 11 is 0. The summed E-state index contributed by atoms with van der Waals surface area (Å²) in [5.74, 6) is 1.97. The molecule has 0 radical (unpaired) electrons. The van der Waals surface area contributed by atoms with Crippen molar-refractivity contribution in [1.29, 1.82) is 0 Å². The average Bonchev–Trinajstić information content (AvgIpc) is 3.48. The maximum absolute atomic E-state index is 9.65. The van der Waals surface area contributed by atoms with Crippen molar-refractivity contribution in [3.8, 4) is 5.69 Å². The number of rotatable bonds is 5. The fourth-order valence-corrected chi connectivity index (χ4v) is 3.59. The molecule has 1 aliphatic heterocycles. The van der Waals surface area contributed by atoms with Crippen molar-refractivity contribution in [3.63, 3.8) is 0 Å². The van der Waals surface area contributed by atoms with E-state index in [1.807, 2.05) is 41.2 Å². The molecule has 0 bridgehead atoms. The second-order valence-corrected chi connectivity index (χ2v) is 6.77. The number of aliphatic hydroxyl groups is 1. The molecule has 1 unspecified atom stereocenters. The molecule has 28 heavy (non-hydrogen) atoms. The highest BCUT2D eigenvalue weighted by molar-refractivity contribution is 5.73. The van der Waals surface area contributed by atoms with E-state index < -0.39 is 0 Å². The number of hydrogen-bond acceptors (Lipinski definition) is 7. The van der Waals surface area contributed by atoms with Crippen LogP contribution in [0.2, 0.25) is 0 Å². The van der Waals surface area contributed by atoms with Crippen molar-refractivity contribution >= 4 is 23.1 Å². The van der Waals surface area contributed by atoms with Crippen LogP contribution in [0.4, 0.5) is 17.6 Å². The van der Waals surface area contributed by atoms with Gasteiger partial charge in [-0.2, -0.15) is 4.98 Å². The molecular weight excluding hydrogens is 356 g/mol. The van der Waals surface area contributed by atoms with Gasteiger partial charge in [-0.25, -0.2) is 9.50 Å². The summed E-state index contributed by atoms with van der Waals surface area (Å²) in [5, 5.41) is 17.6. The van der Waals surface area contributed by atoms with E-state index in [0.717, 1.165) is 30.6 Å². The normalized spacial score (nSPS) is 16.8. The third-order valence-corrected chi connectivity index (χ3v) is 5.01. The largest absolute Gasteiger partial charge is 0.394 e. The Morgan fingerprint density at radius 2 is 2.11 bits per heavy atom. The lowest BCUT2D eigenvalue weighted by Gasteiger charge is -2.23. The number of nitrogens with one attached hydrogen (secondary N) is 1. The first-order valence-electron chi connectivity index (χ1n) is 9.26. The van der Waals surface area contributed by atoms with Crippen LogP contribution in [0, 0.1) is 0 Å². The summed E-state index contributed by atoms with van der Waals surface area (Å²) in [4.78, 5) is 15.3. The number of fused-ring (bicyclic) bond motifs is 1. The van der Waals surface area contributed by atoms with Gasteiger partial charge in [-0.05, 0) is 37.1 Å². The van der Waals surface area contributed by atoms with Gasteiger partial charge < -0.3 is 19.9 Å². The molecule has 1 saturated heterocycles. The van der Waals surface area contributed by atoms with Crippen molar-refractivity contribution in [2.45, 2.75) is 18.9 Å². The van der Waals surface area contributed by atoms with Gasteiger partial charge in [0.25, 0.3) is 0 Å². The van der Waals surface area contributed by atoms with Crippen molar-refractivity contribution < 1.29 is 5.11 Å². The van der Waals surface area contributed by atoms with Crippen LogP contribution in [0.3, 0.4) is 0 Å². The van der Waals surface area contributed by atoms with Crippen LogP contribution in [0.25, 0.3) is 11.2 Å². The van der Waals surface area contributed by atoms with Crippen LogP contribution < -0.4 is 10.2 Å². The molecule has 1 atom stereocenters. The third-order valence-electron chi connectivity index (χ3n) is 5.01. The Morgan fingerprint density at radius 1 is 1.21 bits per heavy atom. The Labute approximate surface area is 161 Å². The topological polar surface area (TPSA) is 96.4 Å².